The van der Waals surface area contributed by atoms with Gasteiger partial charge < -0.3 is 14.5 Å². The molecule has 0 atom stereocenters. The van der Waals surface area contributed by atoms with E-state index in [0.717, 1.165) is 30.5 Å². The number of aromatic amines is 1. The monoisotopic (exact) mass is 342 g/mol. The fourth-order valence-corrected chi connectivity index (χ4v) is 3.61. The van der Waals surface area contributed by atoms with Gasteiger partial charge in [-0.05, 0) is 30.9 Å². The van der Waals surface area contributed by atoms with Gasteiger partial charge in [-0.25, -0.2) is 9.97 Å². The van der Waals surface area contributed by atoms with Crippen LogP contribution in [0.15, 0.2) is 18.5 Å². The van der Waals surface area contributed by atoms with Gasteiger partial charge in [0.15, 0.2) is 0 Å². The molecule has 2 aromatic rings. The zero-order chi connectivity index (χ0) is 17.4. The third kappa shape index (κ3) is 2.76. The van der Waals surface area contributed by atoms with Gasteiger partial charge in [-0.1, -0.05) is 0 Å². The summed E-state index contributed by atoms with van der Waals surface area (Å²) >= 11 is 0. The normalized spacial score (nSPS) is 18.9. The number of piperidine rings is 1. The van der Waals surface area contributed by atoms with Gasteiger partial charge in [0.1, 0.15) is 11.3 Å². The summed E-state index contributed by atoms with van der Waals surface area (Å²) in [5.74, 6) is 0.680. The zero-order valence-corrected chi connectivity index (χ0v) is 14.5. The minimum Gasteiger partial charge on any atom is -0.368 e. The molecule has 1 amide bonds. The molecule has 0 aliphatic carbocycles. The van der Waals surface area contributed by atoms with Gasteiger partial charge in [0.2, 0.25) is 5.95 Å². The van der Waals surface area contributed by atoms with E-state index in [0.29, 0.717) is 31.3 Å². The van der Waals surface area contributed by atoms with E-state index in [1.165, 1.54) is 0 Å². The Balaban J connectivity index is 1.57. The average molecular weight is 342 g/mol. The molecule has 1 spiro atoms. The van der Waals surface area contributed by atoms with Crippen LogP contribution in [0.1, 0.15) is 34.6 Å². The predicted molar refractivity (Wildman–Crippen MR) is 91.4 cm³/mol. The van der Waals surface area contributed by atoms with E-state index in [-0.39, 0.29) is 5.91 Å². The van der Waals surface area contributed by atoms with Gasteiger partial charge in [-0.15, -0.1) is 0 Å². The highest BCUT2D eigenvalue weighted by Gasteiger charge is 2.43. The van der Waals surface area contributed by atoms with E-state index in [1.54, 1.807) is 12.3 Å². The predicted octanol–water partition coefficient (Wildman–Crippen LogP) is 0.970. The summed E-state index contributed by atoms with van der Waals surface area (Å²) in [6, 6.07) is 1.70. The van der Waals surface area contributed by atoms with Crippen LogP contribution in [0.25, 0.3) is 0 Å². The van der Waals surface area contributed by atoms with Crippen LogP contribution in [0, 0.1) is 0 Å². The Morgan fingerprint density at radius 2 is 2.16 bits per heavy atom. The smallest absolute Gasteiger partial charge is 0.271 e. The van der Waals surface area contributed by atoms with Gasteiger partial charge in [-0.2, -0.15) is 5.10 Å². The lowest BCUT2D eigenvalue weighted by molar-refractivity contribution is -0.0967. The van der Waals surface area contributed by atoms with E-state index >= 15 is 0 Å². The summed E-state index contributed by atoms with van der Waals surface area (Å²) in [4.78, 5) is 25.5. The van der Waals surface area contributed by atoms with Crippen molar-refractivity contribution in [2.45, 2.75) is 24.9 Å². The molecule has 2 aliphatic heterocycles. The van der Waals surface area contributed by atoms with Crippen LogP contribution >= 0.6 is 0 Å². The van der Waals surface area contributed by atoms with Gasteiger partial charge in [0.05, 0.1) is 12.3 Å². The Labute approximate surface area is 146 Å². The van der Waals surface area contributed by atoms with E-state index in [4.69, 9.17) is 9.72 Å². The Kier molecular flexibility index (Phi) is 3.91. The highest BCUT2D eigenvalue weighted by atomic mass is 16.5. The first-order chi connectivity index (χ1) is 12.1. The number of nitrogens with zero attached hydrogens (tertiary/aromatic N) is 5. The van der Waals surface area contributed by atoms with E-state index in [9.17, 15) is 4.79 Å². The Morgan fingerprint density at radius 3 is 2.84 bits per heavy atom. The second-order valence-electron chi connectivity index (χ2n) is 6.79. The van der Waals surface area contributed by atoms with E-state index in [1.807, 2.05) is 30.1 Å². The van der Waals surface area contributed by atoms with Crippen molar-refractivity contribution >= 4 is 11.9 Å². The van der Waals surface area contributed by atoms with Gasteiger partial charge >= 0.3 is 0 Å². The lowest BCUT2D eigenvalue weighted by Crippen LogP contribution is -2.49. The number of hydrogen-bond donors (Lipinski definition) is 1. The van der Waals surface area contributed by atoms with Crippen molar-refractivity contribution in [1.29, 1.82) is 0 Å². The van der Waals surface area contributed by atoms with Crippen molar-refractivity contribution in [2.75, 3.05) is 38.7 Å². The minimum atomic E-state index is -0.411. The summed E-state index contributed by atoms with van der Waals surface area (Å²) in [7, 11) is 3.87. The molecule has 1 saturated heterocycles. The minimum absolute atomic E-state index is 0.0138. The summed E-state index contributed by atoms with van der Waals surface area (Å²) in [5, 5.41) is 6.60. The fraction of sp³-hybridized carbons (Fsp3) is 0.529. The van der Waals surface area contributed by atoms with Crippen LogP contribution in [0.2, 0.25) is 0 Å². The highest BCUT2D eigenvalue weighted by Crippen LogP contribution is 2.40. The molecule has 1 N–H and O–H groups in total. The van der Waals surface area contributed by atoms with Crippen molar-refractivity contribution < 1.29 is 9.53 Å². The number of H-pyrrole nitrogens is 1. The lowest BCUT2D eigenvalue weighted by atomic mass is 9.83. The first kappa shape index (κ1) is 16.0. The van der Waals surface area contributed by atoms with Crippen LogP contribution in [0.5, 0.6) is 0 Å². The van der Waals surface area contributed by atoms with Gasteiger partial charge in [0, 0.05) is 39.6 Å². The second-order valence-corrected chi connectivity index (χ2v) is 6.79. The van der Waals surface area contributed by atoms with Gasteiger partial charge in [0.25, 0.3) is 5.91 Å². The SMILES string of the molecule is CN(C)c1ncc2c(n1)C1(CCN(C(=O)c3ccn[nH]3)CC1)OCC2. The molecule has 2 aliphatic rings. The Hall–Kier alpha value is -2.48. The standard InChI is InChI=1S/C17H22N6O2/c1-22(2)16-18-11-12-4-10-25-17(14(12)20-16)5-8-23(9-6-17)15(24)13-3-7-19-21-13/h3,7,11H,4-6,8-10H2,1-2H3,(H,19,21). The van der Waals surface area contributed by atoms with E-state index in [2.05, 4.69) is 15.2 Å². The van der Waals surface area contributed by atoms with Crippen molar-refractivity contribution in [1.82, 2.24) is 25.1 Å². The summed E-state index contributed by atoms with van der Waals surface area (Å²) < 4.78 is 6.22. The molecule has 0 unspecified atom stereocenters. The number of hydrogen-bond acceptors (Lipinski definition) is 6. The molecule has 25 heavy (non-hydrogen) atoms. The molecule has 0 bridgehead atoms. The number of carbonyl (C=O) groups excluding carboxylic acids is 1. The highest BCUT2D eigenvalue weighted by molar-refractivity contribution is 5.92. The molecule has 1 fully saturated rings. The summed E-state index contributed by atoms with van der Waals surface area (Å²) in [6.07, 6.45) is 5.83. The maximum Gasteiger partial charge on any atom is 0.271 e. The number of carbonyl (C=O) groups is 1. The molecular weight excluding hydrogens is 320 g/mol. The molecule has 4 heterocycles. The topological polar surface area (TPSA) is 87.2 Å². The number of likely N-dealkylation sites (tertiary alicyclic amines) is 1. The van der Waals surface area contributed by atoms with Crippen LogP contribution in [0.4, 0.5) is 5.95 Å². The van der Waals surface area contributed by atoms with Gasteiger partial charge in [-0.3, -0.25) is 9.89 Å². The number of rotatable bonds is 2. The van der Waals surface area contributed by atoms with Crippen LogP contribution in [-0.2, 0) is 16.8 Å². The fourth-order valence-electron chi connectivity index (χ4n) is 3.61. The molecule has 0 aromatic carbocycles. The third-order valence-corrected chi connectivity index (χ3v) is 5.02. The first-order valence-corrected chi connectivity index (χ1v) is 8.55. The van der Waals surface area contributed by atoms with E-state index < -0.39 is 5.60 Å². The maximum absolute atomic E-state index is 12.5. The maximum atomic E-state index is 12.5. The quantitative estimate of drug-likeness (QED) is 0.875. The Bertz CT molecular complexity index is 765. The number of ether oxygens (including phenoxy) is 1. The molecule has 0 radical (unpaired) electrons. The van der Waals surface area contributed by atoms with Crippen LogP contribution in [0.3, 0.4) is 0 Å². The zero-order valence-electron chi connectivity index (χ0n) is 14.5. The summed E-state index contributed by atoms with van der Waals surface area (Å²) in [5.41, 5.74) is 2.26. The number of fused-ring (bicyclic) bond motifs is 2. The Morgan fingerprint density at radius 1 is 1.36 bits per heavy atom. The number of amides is 1. The first-order valence-electron chi connectivity index (χ1n) is 8.55. The molecule has 4 rings (SSSR count). The van der Waals surface area contributed by atoms with Crippen LogP contribution < -0.4 is 4.90 Å². The molecule has 132 valence electrons. The lowest BCUT2D eigenvalue weighted by Gasteiger charge is -2.44. The second kappa shape index (κ2) is 6.11. The molecule has 0 saturated carbocycles. The number of nitrogens with one attached hydrogen (secondary N) is 1. The number of aromatic nitrogens is 4. The van der Waals surface area contributed by atoms with Crippen molar-refractivity contribution in [3.63, 3.8) is 0 Å². The molecule has 8 heteroatoms. The number of anilines is 1. The average Bonchev–Trinajstić information content (AvgIpc) is 3.16. The molecule has 8 nitrogen and oxygen atoms in total. The summed E-state index contributed by atoms with van der Waals surface area (Å²) in [6.45, 7) is 1.95. The van der Waals surface area contributed by atoms with Crippen LogP contribution in [-0.4, -0.2) is 64.8 Å². The molecular formula is C17H22N6O2. The van der Waals surface area contributed by atoms with Crippen molar-refractivity contribution in [3.8, 4) is 0 Å². The molecule has 2 aromatic heterocycles. The van der Waals surface area contributed by atoms with Crippen molar-refractivity contribution in [3.05, 3.63) is 35.4 Å². The van der Waals surface area contributed by atoms with Crippen molar-refractivity contribution in [2.24, 2.45) is 0 Å². The third-order valence-electron chi connectivity index (χ3n) is 5.02. The largest absolute Gasteiger partial charge is 0.368 e.